The van der Waals surface area contributed by atoms with E-state index < -0.39 is 5.60 Å². The lowest BCUT2D eigenvalue weighted by atomic mass is 9.80. The quantitative estimate of drug-likeness (QED) is 0.719. The first kappa shape index (κ1) is 15.7. The summed E-state index contributed by atoms with van der Waals surface area (Å²) in [5.74, 6) is 0. The molecule has 3 aromatic carbocycles. The average molecular weight is 311 g/mol. The molecule has 3 rings (SSSR count). The Morgan fingerprint density at radius 1 is 0.750 bits per heavy atom. The summed E-state index contributed by atoms with van der Waals surface area (Å²) in [6, 6.07) is 30.3. The topological polar surface area (TPSA) is 44.0 Å². The molecule has 0 spiro atoms. The van der Waals surface area contributed by atoms with Crippen LogP contribution in [0.15, 0.2) is 96.6 Å². The van der Waals surface area contributed by atoms with Crippen molar-refractivity contribution in [3.05, 3.63) is 113 Å². The third kappa shape index (κ3) is 2.99. The molecule has 3 aromatic rings. The van der Waals surface area contributed by atoms with E-state index in [1.165, 1.54) is 0 Å². The van der Waals surface area contributed by atoms with Gasteiger partial charge in [0.15, 0.2) is 0 Å². The highest BCUT2D eigenvalue weighted by Gasteiger charge is 2.36. The van der Waals surface area contributed by atoms with Gasteiger partial charge in [0, 0.05) is 0 Å². The Hall–Kier alpha value is -3.15. The van der Waals surface area contributed by atoms with E-state index >= 15 is 0 Å². The van der Waals surface area contributed by atoms with Crippen LogP contribution in [0.1, 0.15) is 16.7 Å². The number of nitriles is 1. The lowest BCUT2D eigenvalue weighted by Crippen LogP contribution is -2.29. The average Bonchev–Trinajstić information content (AvgIpc) is 2.67. The second-order valence-corrected chi connectivity index (χ2v) is 5.52. The third-order valence-electron chi connectivity index (χ3n) is 4.00. The molecule has 1 N–H and O–H groups in total. The fourth-order valence-electron chi connectivity index (χ4n) is 2.77. The van der Waals surface area contributed by atoms with Crippen molar-refractivity contribution >= 4 is 6.08 Å². The Morgan fingerprint density at radius 2 is 1.17 bits per heavy atom. The Balaban J connectivity index is 2.22. The molecule has 0 fully saturated rings. The number of rotatable bonds is 4. The summed E-state index contributed by atoms with van der Waals surface area (Å²) >= 11 is 0. The van der Waals surface area contributed by atoms with Gasteiger partial charge in [-0.25, -0.2) is 0 Å². The van der Waals surface area contributed by atoms with E-state index in [1.807, 2.05) is 91.0 Å². The fourth-order valence-corrected chi connectivity index (χ4v) is 2.77. The van der Waals surface area contributed by atoms with Gasteiger partial charge >= 0.3 is 0 Å². The number of hydrogen-bond acceptors (Lipinski definition) is 2. The van der Waals surface area contributed by atoms with Crippen LogP contribution in [0.3, 0.4) is 0 Å². The van der Waals surface area contributed by atoms with Crippen LogP contribution in [0.4, 0.5) is 0 Å². The minimum absolute atomic E-state index is 0.283. The Labute approximate surface area is 142 Å². The molecule has 0 aliphatic carbocycles. The molecule has 0 bridgehead atoms. The van der Waals surface area contributed by atoms with Crippen molar-refractivity contribution in [3.63, 3.8) is 0 Å². The summed E-state index contributed by atoms with van der Waals surface area (Å²) in [5.41, 5.74) is 0.998. The minimum atomic E-state index is -1.49. The zero-order valence-corrected chi connectivity index (χ0v) is 13.1. The number of aliphatic hydroxyl groups is 1. The Morgan fingerprint density at radius 3 is 1.58 bits per heavy atom. The molecule has 2 nitrogen and oxygen atoms in total. The van der Waals surface area contributed by atoms with Gasteiger partial charge in [0.1, 0.15) is 5.60 Å². The van der Waals surface area contributed by atoms with Crippen LogP contribution in [-0.4, -0.2) is 5.11 Å². The minimum Gasteiger partial charge on any atom is -0.375 e. The van der Waals surface area contributed by atoms with E-state index in [1.54, 1.807) is 6.08 Å². The second-order valence-electron chi connectivity index (χ2n) is 5.52. The lowest BCUT2D eigenvalue weighted by Gasteiger charge is -2.29. The first-order valence-electron chi connectivity index (χ1n) is 7.76. The number of nitrogens with zero attached hydrogens (tertiary/aromatic N) is 1. The number of hydrogen-bond donors (Lipinski definition) is 1. The highest BCUT2D eigenvalue weighted by atomic mass is 16.3. The predicted octanol–water partition coefficient (Wildman–Crippen LogP) is 4.53. The Bertz CT molecular complexity index is 823. The zero-order valence-electron chi connectivity index (χ0n) is 13.1. The molecule has 0 atom stereocenters. The first-order valence-corrected chi connectivity index (χ1v) is 7.76. The largest absolute Gasteiger partial charge is 0.375 e. The summed E-state index contributed by atoms with van der Waals surface area (Å²) in [6.07, 6.45) is 1.74. The first-order chi connectivity index (χ1) is 11.7. The molecular weight excluding hydrogens is 294 g/mol. The lowest BCUT2D eigenvalue weighted by molar-refractivity contribution is 0.127. The Kier molecular flexibility index (Phi) is 4.56. The molecule has 0 aliphatic rings. The molecule has 0 heterocycles. The summed E-state index contributed by atoms with van der Waals surface area (Å²) in [6.45, 7) is 0. The molecular formula is C22H17NO. The normalized spacial score (nSPS) is 11.8. The molecule has 0 saturated carbocycles. The number of benzene rings is 3. The molecule has 0 saturated heterocycles. The highest BCUT2D eigenvalue weighted by Crippen LogP contribution is 2.37. The maximum atomic E-state index is 11.6. The van der Waals surface area contributed by atoms with Gasteiger partial charge in [-0.1, -0.05) is 91.0 Å². The van der Waals surface area contributed by atoms with Crippen molar-refractivity contribution in [2.75, 3.05) is 0 Å². The van der Waals surface area contributed by atoms with E-state index in [0.717, 1.165) is 5.56 Å². The maximum absolute atomic E-state index is 11.6. The van der Waals surface area contributed by atoms with E-state index in [2.05, 4.69) is 6.07 Å². The van der Waals surface area contributed by atoms with Gasteiger partial charge in [-0.3, -0.25) is 0 Å². The van der Waals surface area contributed by atoms with E-state index in [9.17, 15) is 10.4 Å². The molecule has 0 aromatic heterocycles. The van der Waals surface area contributed by atoms with Crippen LogP contribution < -0.4 is 0 Å². The van der Waals surface area contributed by atoms with Crippen LogP contribution in [0.25, 0.3) is 6.08 Å². The second kappa shape index (κ2) is 6.95. The molecule has 116 valence electrons. The molecule has 0 unspecified atom stereocenters. The van der Waals surface area contributed by atoms with Crippen molar-refractivity contribution in [2.45, 2.75) is 5.60 Å². The van der Waals surface area contributed by atoms with Crippen LogP contribution in [-0.2, 0) is 5.60 Å². The summed E-state index contributed by atoms with van der Waals surface area (Å²) in [7, 11) is 0. The van der Waals surface area contributed by atoms with Crippen molar-refractivity contribution < 1.29 is 5.11 Å². The van der Waals surface area contributed by atoms with Crippen molar-refractivity contribution in [2.24, 2.45) is 0 Å². The standard InChI is InChI=1S/C22H17NO/c23-17-21(16-18-10-4-1-5-11-18)22(24,19-12-6-2-7-13-19)20-14-8-3-9-15-20/h1-16,24H/b21-16+. The van der Waals surface area contributed by atoms with Crippen molar-refractivity contribution in [1.82, 2.24) is 0 Å². The molecule has 0 radical (unpaired) electrons. The molecule has 0 amide bonds. The van der Waals surface area contributed by atoms with Crippen LogP contribution >= 0.6 is 0 Å². The van der Waals surface area contributed by atoms with Gasteiger partial charge in [0.2, 0.25) is 0 Å². The van der Waals surface area contributed by atoms with Gasteiger partial charge in [-0.15, -0.1) is 0 Å². The predicted molar refractivity (Wildman–Crippen MR) is 95.9 cm³/mol. The molecule has 0 aliphatic heterocycles. The van der Waals surface area contributed by atoms with Gasteiger partial charge in [-0.05, 0) is 22.8 Å². The van der Waals surface area contributed by atoms with Crippen molar-refractivity contribution in [3.8, 4) is 6.07 Å². The summed E-state index contributed by atoms with van der Waals surface area (Å²) < 4.78 is 0. The highest BCUT2D eigenvalue weighted by molar-refractivity contribution is 5.64. The smallest absolute Gasteiger partial charge is 0.150 e. The van der Waals surface area contributed by atoms with Crippen molar-refractivity contribution in [1.29, 1.82) is 5.26 Å². The van der Waals surface area contributed by atoms with Gasteiger partial charge in [0.25, 0.3) is 0 Å². The molecule has 2 heteroatoms. The summed E-state index contributed by atoms with van der Waals surface area (Å²) in [5, 5.41) is 21.4. The van der Waals surface area contributed by atoms with Gasteiger partial charge in [0.05, 0.1) is 11.6 Å². The van der Waals surface area contributed by atoms with Crippen LogP contribution in [0.5, 0.6) is 0 Å². The van der Waals surface area contributed by atoms with E-state index in [0.29, 0.717) is 11.1 Å². The van der Waals surface area contributed by atoms with Gasteiger partial charge < -0.3 is 5.11 Å². The maximum Gasteiger partial charge on any atom is 0.150 e. The third-order valence-corrected chi connectivity index (χ3v) is 4.00. The zero-order chi connectivity index (χ0) is 16.8. The van der Waals surface area contributed by atoms with Gasteiger partial charge in [-0.2, -0.15) is 5.26 Å². The molecule has 24 heavy (non-hydrogen) atoms. The van der Waals surface area contributed by atoms with Crippen LogP contribution in [0, 0.1) is 11.3 Å². The fraction of sp³-hybridized carbons (Fsp3) is 0.0455. The van der Waals surface area contributed by atoms with E-state index in [-0.39, 0.29) is 5.57 Å². The monoisotopic (exact) mass is 311 g/mol. The SMILES string of the molecule is N#C/C(=C\c1ccccc1)C(O)(c1ccccc1)c1ccccc1. The summed E-state index contributed by atoms with van der Waals surface area (Å²) in [4.78, 5) is 0. The van der Waals surface area contributed by atoms with E-state index in [4.69, 9.17) is 0 Å². The van der Waals surface area contributed by atoms with Crippen LogP contribution in [0.2, 0.25) is 0 Å².